The van der Waals surface area contributed by atoms with Crippen LogP contribution in [0.2, 0.25) is 5.02 Å². The molecule has 0 aliphatic carbocycles. The van der Waals surface area contributed by atoms with Crippen molar-refractivity contribution in [1.82, 2.24) is 5.32 Å². The predicted molar refractivity (Wildman–Crippen MR) is 70.3 cm³/mol. The van der Waals surface area contributed by atoms with E-state index in [1.807, 2.05) is 12.1 Å². The van der Waals surface area contributed by atoms with Gasteiger partial charge in [-0.1, -0.05) is 18.0 Å². The van der Waals surface area contributed by atoms with Crippen molar-refractivity contribution < 1.29 is 4.74 Å². The van der Waals surface area contributed by atoms with Crippen LogP contribution in [0.1, 0.15) is 30.9 Å². The summed E-state index contributed by atoms with van der Waals surface area (Å²) < 4.78 is 6.31. The van der Waals surface area contributed by atoms with Gasteiger partial charge in [0.15, 0.2) is 0 Å². The van der Waals surface area contributed by atoms with Crippen LogP contribution in [-0.4, -0.2) is 13.7 Å². The lowest BCUT2D eigenvalue weighted by Crippen LogP contribution is -2.27. The summed E-state index contributed by atoms with van der Waals surface area (Å²) in [5.74, 6) is 0.801. The lowest BCUT2D eigenvalue weighted by atomic mass is 9.97. The van der Waals surface area contributed by atoms with E-state index in [0.717, 1.165) is 28.2 Å². The quantitative estimate of drug-likeness (QED) is 0.894. The Morgan fingerprint density at radius 2 is 2.25 bits per heavy atom. The molecular formula is C12H15BrClNO. The summed E-state index contributed by atoms with van der Waals surface area (Å²) in [5.41, 5.74) is 1.20. The van der Waals surface area contributed by atoms with Gasteiger partial charge >= 0.3 is 0 Å². The van der Waals surface area contributed by atoms with E-state index in [1.165, 1.54) is 18.4 Å². The molecule has 1 aliphatic heterocycles. The van der Waals surface area contributed by atoms with E-state index in [0.29, 0.717) is 6.04 Å². The fourth-order valence-corrected chi connectivity index (χ4v) is 2.99. The minimum Gasteiger partial charge on any atom is -0.496 e. The Morgan fingerprint density at radius 3 is 2.88 bits per heavy atom. The number of methoxy groups -OCH3 is 1. The van der Waals surface area contributed by atoms with E-state index in [9.17, 15) is 0 Å². The molecule has 0 bridgehead atoms. The van der Waals surface area contributed by atoms with Crippen LogP contribution in [0.4, 0.5) is 0 Å². The van der Waals surface area contributed by atoms with Crippen molar-refractivity contribution in [2.45, 2.75) is 25.3 Å². The van der Waals surface area contributed by atoms with Crippen LogP contribution in [0, 0.1) is 0 Å². The minimum absolute atomic E-state index is 0.385. The Morgan fingerprint density at radius 1 is 1.44 bits per heavy atom. The third-order valence-corrected chi connectivity index (χ3v) is 4.00. The lowest BCUT2D eigenvalue weighted by Gasteiger charge is -2.25. The van der Waals surface area contributed by atoms with E-state index in [-0.39, 0.29) is 0 Å². The SMILES string of the molecule is COc1cc(Cl)cc(C2CCCCN2)c1Br. The van der Waals surface area contributed by atoms with Gasteiger partial charge in [0.25, 0.3) is 0 Å². The fourth-order valence-electron chi connectivity index (χ4n) is 2.10. The molecule has 1 aromatic carbocycles. The average molecular weight is 305 g/mol. The number of nitrogens with one attached hydrogen (secondary N) is 1. The largest absolute Gasteiger partial charge is 0.496 e. The molecular weight excluding hydrogens is 289 g/mol. The smallest absolute Gasteiger partial charge is 0.134 e. The highest BCUT2D eigenvalue weighted by Crippen LogP contribution is 2.37. The second kappa shape index (κ2) is 5.39. The Balaban J connectivity index is 2.34. The van der Waals surface area contributed by atoms with Gasteiger partial charge in [-0.15, -0.1) is 0 Å². The molecule has 1 aliphatic rings. The molecule has 0 radical (unpaired) electrons. The van der Waals surface area contributed by atoms with Crippen molar-refractivity contribution in [1.29, 1.82) is 0 Å². The summed E-state index contributed by atoms with van der Waals surface area (Å²) in [6, 6.07) is 4.23. The zero-order valence-corrected chi connectivity index (χ0v) is 11.6. The molecule has 0 spiro atoms. The van der Waals surface area contributed by atoms with E-state index in [2.05, 4.69) is 21.2 Å². The van der Waals surface area contributed by atoms with Gasteiger partial charge in [-0.2, -0.15) is 0 Å². The number of hydrogen-bond donors (Lipinski definition) is 1. The minimum atomic E-state index is 0.385. The number of hydrogen-bond acceptors (Lipinski definition) is 2. The van der Waals surface area contributed by atoms with Gasteiger partial charge in [0.2, 0.25) is 0 Å². The number of rotatable bonds is 2. The summed E-state index contributed by atoms with van der Waals surface area (Å²) in [6.07, 6.45) is 3.67. The predicted octanol–water partition coefficient (Wildman–Crippen LogP) is 3.93. The maximum Gasteiger partial charge on any atom is 0.134 e. The van der Waals surface area contributed by atoms with Crippen molar-refractivity contribution >= 4 is 27.5 Å². The van der Waals surface area contributed by atoms with Crippen molar-refractivity contribution in [2.75, 3.05) is 13.7 Å². The Labute approximate surface area is 109 Å². The first kappa shape index (κ1) is 12.2. The van der Waals surface area contributed by atoms with E-state index in [1.54, 1.807) is 7.11 Å². The molecule has 2 nitrogen and oxygen atoms in total. The van der Waals surface area contributed by atoms with Crippen LogP contribution in [-0.2, 0) is 0 Å². The lowest BCUT2D eigenvalue weighted by molar-refractivity contribution is 0.397. The number of ether oxygens (including phenoxy) is 1. The maximum atomic E-state index is 6.09. The number of halogens is 2. The number of benzene rings is 1. The first-order valence-electron chi connectivity index (χ1n) is 5.48. The normalized spacial score (nSPS) is 20.8. The van der Waals surface area contributed by atoms with Crippen molar-refractivity contribution in [3.8, 4) is 5.75 Å². The topological polar surface area (TPSA) is 21.3 Å². The molecule has 1 heterocycles. The monoisotopic (exact) mass is 303 g/mol. The molecule has 4 heteroatoms. The van der Waals surface area contributed by atoms with Gasteiger partial charge in [0.05, 0.1) is 11.6 Å². The molecule has 1 aromatic rings. The molecule has 0 amide bonds. The molecule has 1 fully saturated rings. The molecule has 0 aromatic heterocycles. The van der Waals surface area contributed by atoms with Crippen LogP contribution in [0.25, 0.3) is 0 Å². The van der Waals surface area contributed by atoms with Crippen LogP contribution >= 0.6 is 27.5 Å². The van der Waals surface area contributed by atoms with Crippen LogP contribution in [0.15, 0.2) is 16.6 Å². The van der Waals surface area contributed by atoms with Crippen LogP contribution < -0.4 is 10.1 Å². The second-order valence-electron chi connectivity index (χ2n) is 4.01. The van der Waals surface area contributed by atoms with Crippen LogP contribution in [0.5, 0.6) is 5.75 Å². The summed E-state index contributed by atoms with van der Waals surface area (Å²) >= 11 is 9.68. The Bertz CT molecular complexity index is 378. The molecule has 1 unspecified atom stereocenters. The van der Waals surface area contributed by atoms with E-state index < -0.39 is 0 Å². The maximum absolute atomic E-state index is 6.09. The van der Waals surface area contributed by atoms with Gasteiger partial charge in [0, 0.05) is 11.1 Å². The highest BCUT2D eigenvalue weighted by molar-refractivity contribution is 9.10. The van der Waals surface area contributed by atoms with Gasteiger partial charge in [-0.25, -0.2) is 0 Å². The second-order valence-corrected chi connectivity index (χ2v) is 5.24. The van der Waals surface area contributed by atoms with E-state index >= 15 is 0 Å². The fraction of sp³-hybridized carbons (Fsp3) is 0.500. The van der Waals surface area contributed by atoms with Crippen molar-refractivity contribution in [3.05, 3.63) is 27.2 Å². The Hall–Kier alpha value is -0.250. The molecule has 88 valence electrons. The molecule has 16 heavy (non-hydrogen) atoms. The van der Waals surface area contributed by atoms with Gasteiger partial charge in [0.1, 0.15) is 5.75 Å². The first-order valence-corrected chi connectivity index (χ1v) is 6.66. The molecule has 1 atom stereocenters. The average Bonchev–Trinajstić information content (AvgIpc) is 2.33. The first-order chi connectivity index (χ1) is 7.72. The Kier molecular flexibility index (Phi) is 4.11. The zero-order chi connectivity index (χ0) is 11.5. The number of piperidine rings is 1. The van der Waals surface area contributed by atoms with Crippen molar-refractivity contribution in [3.63, 3.8) is 0 Å². The molecule has 0 saturated carbocycles. The van der Waals surface area contributed by atoms with Crippen molar-refractivity contribution in [2.24, 2.45) is 0 Å². The molecule has 1 saturated heterocycles. The molecule has 1 N–H and O–H groups in total. The van der Waals surface area contributed by atoms with Gasteiger partial charge in [-0.3, -0.25) is 0 Å². The van der Waals surface area contributed by atoms with Gasteiger partial charge < -0.3 is 10.1 Å². The summed E-state index contributed by atoms with van der Waals surface area (Å²) in [7, 11) is 1.66. The molecule has 2 rings (SSSR count). The standard InChI is InChI=1S/C12H15BrClNO/c1-16-11-7-8(14)6-9(12(11)13)10-4-2-3-5-15-10/h6-7,10,15H,2-5H2,1H3. The highest BCUT2D eigenvalue weighted by atomic mass is 79.9. The third-order valence-electron chi connectivity index (χ3n) is 2.94. The zero-order valence-electron chi connectivity index (χ0n) is 9.22. The summed E-state index contributed by atoms with van der Waals surface area (Å²) in [5, 5.41) is 4.24. The third kappa shape index (κ3) is 2.53. The summed E-state index contributed by atoms with van der Waals surface area (Å²) in [4.78, 5) is 0. The van der Waals surface area contributed by atoms with Crippen LogP contribution in [0.3, 0.4) is 0 Å². The van der Waals surface area contributed by atoms with Gasteiger partial charge in [-0.05, 0) is 53.0 Å². The van der Waals surface area contributed by atoms with E-state index in [4.69, 9.17) is 16.3 Å². The highest BCUT2D eigenvalue weighted by Gasteiger charge is 2.19. The summed E-state index contributed by atoms with van der Waals surface area (Å²) in [6.45, 7) is 1.08.